The second-order valence-electron chi connectivity index (χ2n) is 5.50. The molecule has 1 aromatic rings. The van der Waals surface area contributed by atoms with Crippen LogP contribution in [0.15, 0.2) is 23.1 Å². The summed E-state index contributed by atoms with van der Waals surface area (Å²) in [5, 5.41) is 3.39. The predicted octanol–water partition coefficient (Wildman–Crippen LogP) is 2.07. The van der Waals surface area contributed by atoms with Crippen LogP contribution in [0, 0.1) is 13.8 Å². The number of piperidine rings is 1. The summed E-state index contributed by atoms with van der Waals surface area (Å²) in [5.41, 5.74) is 1.92. The minimum Gasteiger partial charge on any atom is -0.314 e. The van der Waals surface area contributed by atoms with Crippen molar-refractivity contribution in [3.05, 3.63) is 29.3 Å². The lowest BCUT2D eigenvalue weighted by Crippen LogP contribution is -2.44. The van der Waals surface area contributed by atoms with Crippen LogP contribution in [0.5, 0.6) is 0 Å². The number of nitrogens with one attached hydrogen (secondary N) is 1. The van der Waals surface area contributed by atoms with Gasteiger partial charge < -0.3 is 5.32 Å². The highest BCUT2D eigenvalue weighted by molar-refractivity contribution is 7.89. The lowest BCUT2D eigenvalue weighted by Gasteiger charge is -2.31. The molecule has 1 aliphatic heterocycles. The van der Waals surface area contributed by atoms with Gasteiger partial charge in [-0.1, -0.05) is 24.6 Å². The van der Waals surface area contributed by atoms with E-state index in [-0.39, 0.29) is 0 Å². The van der Waals surface area contributed by atoms with Gasteiger partial charge >= 0.3 is 0 Å². The first kappa shape index (κ1) is 15.5. The monoisotopic (exact) mass is 296 g/mol. The third-order valence-corrected chi connectivity index (χ3v) is 5.95. The molecule has 1 saturated heterocycles. The topological polar surface area (TPSA) is 49.4 Å². The van der Waals surface area contributed by atoms with E-state index in [1.807, 2.05) is 26.0 Å². The highest BCUT2D eigenvalue weighted by Gasteiger charge is 2.29. The van der Waals surface area contributed by atoms with E-state index in [0.717, 1.165) is 30.5 Å². The van der Waals surface area contributed by atoms with Crippen LogP contribution in [0.4, 0.5) is 0 Å². The van der Waals surface area contributed by atoms with Crippen LogP contribution in [-0.2, 0) is 10.0 Å². The molecule has 0 atom stereocenters. The Hall–Kier alpha value is -0.910. The molecular formula is C15H24N2O2S. The molecule has 0 radical (unpaired) electrons. The Morgan fingerprint density at radius 3 is 2.45 bits per heavy atom. The van der Waals surface area contributed by atoms with E-state index in [1.165, 1.54) is 0 Å². The molecule has 0 aromatic heterocycles. The Morgan fingerprint density at radius 1 is 1.25 bits per heavy atom. The molecule has 4 nitrogen and oxygen atoms in total. The fourth-order valence-electron chi connectivity index (χ4n) is 2.82. The average molecular weight is 296 g/mol. The van der Waals surface area contributed by atoms with Gasteiger partial charge in [-0.05, 0) is 44.9 Å². The van der Waals surface area contributed by atoms with Crippen LogP contribution >= 0.6 is 0 Å². The molecule has 20 heavy (non-hydrogen) atoms. The molecule has 0 aliphatic carbocycles. The maximum absolute atomic E-state index is 12.7. The van der Waals surface area contributed by atoms with Crippen molar-refractivity contribution in [2.24, 2.45) is 0 Å². The molecule has 0 bridgehead atoms. The van der Waals surface area contributed by atoms with Gasteiger partial charge in [-0.3, -0.25) is 0 Å². The molecule has 1 heterocycles. The van der Waals surface area contributed by atoms with E-state index in [2.05, 4.69) is 12.2 Å². The van der Waals surface area contributed by atoms with Gasteiger partial charge in [0.2, 0.25) is 10.0 Å². The summed E-state index contributed by atoms with van der Waals surface area (Å²) in [7, 11) is -3.34. The predicted molar refractivity (Wildman–Crippen MR) is 81.4 cm³/mol. The van der Waals surface area contributed by atoms with E-state index in [0.29, 0.717) is 24.0 Å². The smallest absolute Gasteiger partial charge is 0.243 e. The minimum atomic E-state index is -3.34. The van der Waals surface area contributed by atoms with Gasteiger partial charge in [0.15, 0.2) is 0 Å². The SMILES string of the molecule is CCNC1CCN(S(=O)(=O)c2ccc(C)cc2C)CC1. The second-order valence-corrected chi connectivity index (χ2v) is 7.41. The number of nitrogens with zero attached hydrogens (tertiary/aromatic N) is 1. The Kier molecular flexibility index (Phi) is 4.83. The van der Waals surface area contributed by atoms with Crippen LogP contribution in [0.2, 0.25) is 0 Å². The number of rotatable bonds is 4. The van der Waals surface area contributed by atoms with Crippen molar-refractivity contribution in [1.29, 1.82) is 0 Å². The van der Waals surface area contributed by atoms with Crippen molar-refractivity contribution in [1.82, 2.24) is 9.62 Å². The number of hydrogen-bond donors (Lipinski definition) is 1. The first-order valence-corrected chi connectivity index (χ1v) is 8.70. The number of aryl methyl sites for hydroxylation is 2. The van der Waals surface area contributed by atoms with Gasteiger partial charge in [0, 0.05) is 19.1 Å². The van der Waals surface area contributed by atoms with Crippen molar-refractivity contribution < 1.29 is 8.42 Å². The molecule has 0 amide bonds. The van der Waals surface area contributed by atoms with Crippen molar-refractivity contribution in [3.8, 4) is 0 Å². The van der Waals surface area contributed by atoms with E-state index < -0.39 is 10.0 Å². The van der Waals surface area contributed by atoms with E-state index in [1.54, 1.807) is 10.4 Å². The summed E-state index contributed by atoms with van der Waals surface area (Å²) in [6.45, 7) is 8.07. The zero-order valence-corrected chi connectivity index (χ0v) is 13.3. The number of benzene rings is 1. The van der Waals surface area contributed by atoms with Gasteiger partial charge in [0.25, 0.3) is 0 Å². The second kappa shape index (κ2) is 6.24. The Balaban J connectivity index is 2.15. The molecule has 5 heteroatoms. The number of hydrogen-bond acceptors (Lipinski definition) is 3. The highest BCUT2D eigenvalue weighted by atomic mass is 32.2. The van der Waals surface area contributed by atoms with Gasteiger partial charge in [-0.2, -0.15) is 4.31 Å². The summed E-state index contributed by atoms with van der Waals surface area (Å²) >= 11 is 0. The third kappa shape index (κ3) is 3.22. The molecule has 0 unspecified atom stereocenters. The Labute approximate surface area is 122 Å². The molecule has 1 aromatic carbocycles. The van der Waals surface area contributed by atoms with Gasteiger partial charge in [-0.25, -0.2) is 8.42 Å². The van der Waals surface area contributed by atoms with Gasteiger partial charge in [-0.15, -0.1) is 0 Å². The van der Waals surface area contributed by atoms with Crippen molar-refractivity contribution in [2.75, 3.05) is 19.6 Å². The van der Waals surface area contributed by atoms with Crippen molar-refractivity contribution >= 4 is 10.0 Å². The maximum Gasteiger partial charge on any atom is 0.243 e. The molecule has 0 saturated carbocycles. The lowest BCUT2D eigenvalue weighted by molar-refractivity contribution is 0.292. The molecule has 1 fully saturated rings. The fourth-order valence-corrected chi connectivity index (χ4v) is 4.49. The fraction of sp³-hybridized carbons (Fsp3) is 0.600. The van der Waals surface area contributed by atoms with E-state index in [4.69, 9.17) is 0 Å². The Bertz CT molecular complexity index is 561. The van der Waals surface area contributed by atoms with Gasteiger partial charge in [0.1, 0.15) is 0 Å². The van der Waals surface area contributed by atoms with Crippen LogP contribution in [0.3, 0.4) is 0 Å². The van der Waals surface area contributed by atoms with Crippen LogP contribution in [-0.4, -0.2) is 38.4 Å². The normalized spacial score (nSPS) is 18.4. The third-order valence-electron chi connectivity index (χ3n) is 3.89. The summed E-state index contributed by atoms with van der Waals surface area (Å²) in [5.74, 6) is 0. The van der Waals surface area contributed by atoms with Crippen LogP contribution in [0.25, 0.3) is 0 Å². The summed E-state index contributed by atoms with van der Waals surface area (Å²) in [6.07, 6.45) is 1.77. The average Bonchev–Trinajstić information content (AvgIpc) is 2.39. The Morgan fingerprint density at radius 2 is 1.90 bits per heavy atom. The highest BCUT2D eigenvalue weighted by Crippen LogP contribution is 2.24. The van der Waals surface area contributed by atoms with E-state index >= 15 is 0 Å². The number of sulfonamides is 1. The zero-order chi connectivity index (χ0) is 14.8. The van der Waals surface area contributed by atoms with E-state index in [9.17, 15) is 8.42 Å². The zero-order valence-electron chi connectivity index (χ0n) is 12.5. The summed E-state index contributed by atoms with van der Waals surface area (Å²) in [4.78, 5) is 0.449. The summed E-state index contributed by atoms with van der Waals surface area (Å²) in [6, 6.07) is 5.98. The first-order valence-electron chi connectivity index (χ1n) is 7.26. The standard InChI is InChI=1S/C15H24N2O2S/c1-4-16-14-7-9-17(10-8-14)20(18,19)15-6-5-12(2)11-13(15)3/h5-6,11,14,16H,4,7-10H2,1-3H3. The van der Waals surface area contributed by atoms with Crippen LogP contribution in [0.1, 0.15) is 30.9 Å². The quantitative estimate of drug-likeness (QED) is 0.925. The minimum absolute atomic E-state index is 0.449. The largest absolute Gasteiger partial charge is 0.314 e. The lowest BCUT2D eigenvalue weighted by atomic mass is 10.1. The van der Waals surface area contributed by atoms with Crippen molar-refractivity contribution in [3.63, 3.8) is 0 Å². The molecule has 1 N–H and O–H groups in total. The first-order chi connectivity index (χ1) is 9.45. The molecular weight excluding hydrogens is 272 g/mol. The molecule has 2 rings (SSSR count). The van der Waals surface area contributed by atoms with Gasteiger partial charge in [0.05, 0.1) is 4.90 Å². The maximum atomic E-state index is 12.7. The summed E-state index contributed by atoms with van der Waals surface area (Å²) < 4.78 is 27.0. The van der Waals surface area contributed by atoms with Crippen molar-refractivity contribution in [2.45, 2.75) is 44.6 Å². The molecule has 112 valence electrons. The van der Waals surface area contributed by atoms with Crippen LogP contribution < -0.4 is 5.32 Å². The molecule has 1 aliphatic rings. The molecule has 0 spiro atoms.